The molecule has 9 nitrogen and oxygen atoms in total. The molecule has 2 aromatic rings. The van der Waals surface area contributed by atoms with Gasteiger partial charge in [0.1, 0.15) is 22.4 Å². The van der Waals surface area contributed by atoms with Crippen LogP contribution in [0.25, 0.3) is 6.08 Å². The second-order valence-electron chi connectivity index (χ2n) is 10.5. The van der Waals surface area contributed by atoms with Gasteiger partial charge in [-0.1, -0.05) is 6.08 Å². The number of pyridine rings is 1. The van der Waals surface area contributed by atoms with E-state index in [1.165, 1.54) is 6.07 Å². The number of allylic oxidation sites excluding steroid dienone is 1. The Morgan fingerprint density at radius 1 is 1.36 bits per heavy atom. The molecule has 2 bridgehead atoms. The fraction of sp³-hybridized carbons (Fsp3) is 0.480. The Kier molecular flexibility index (Phi) is 5.16. The predicted octanol–water partition coefficient (Wildman–Crippen LogP) is 2.56. The summed E-state index contributed by atoms with van der Waals surface area (Å²) >= 11 is 0. The van der Waals surface area contributed by atoms with Gasteiger partial charge in [-0.2, -0.15) is 9.65 Å². The van der Waals surface area contributed by atoms with Gasteiger partial charge in [0.25, 0.3) is 5.91 Å². The average Bonchev–Trinajstić information content (AvgIpc) is 3.03. The topological polar surface area (TPSA) is 137 Å². The van der Waals surface area contributed by atoms with Crippen molar-refractivity contribution < 1.29 is 22.7 Å². The van der Waals surface area contributed by atoms with Crippen LogP contribution in [0.4, 0.5) is 10.1 Å². The van der Waals surface area contributed by atoms with Crippen molar-refractivity contribution in [1.82, 2.24) is 14.3 Å². The minimum Gasteiger partial charge on any atom is -0.396 e. The van der Waals surface area contributed by atoms with E-state index in [-0.39, 0.29) is 51.9 Å². The first-order chi connectivity index (χ1) is 17.2. The summed E-state index contributed by atoms with van der Waals surface area (Å²) < 4.78 is 45.9. The lowest BCUT2D eigenvalue weighted by molar-refractivity contribution is 0.101. The molecule has 3 heterocycles. The number of nitriles is 1. The Morgan fingerprint density at radius 3 is 2.92 bits per heavy atom. The van der Waals surface area contributed by atoms with Crippen LogP contribution in [0.5, 0.6) is 0 Å². The van der Waals surface area contributed by atoms with Crippen molar-refractivity contribution in [2.45, 2.75) is 50.1 Å². The van der Waals surface area contributed by atoms with Gasteiger partial charge in [-0.05, 0) is 67.9 Å². The molecule has 1 aliphatic heterocycles. The summed E-state index contributed by atoms with van der Waals surface area (Å²) in [6.45, 7) is 2.10. The molecule has 0 aromatic carbocycles. The molecule has 0 spiro atoms. The lowest BCUT2D eigenvalue weighted by Gasteiger charge is -2.34. The van der Waals surface area contributed by atoms with Crippen LogP contribution in [0.3, 0.4) is 0 Å². The molecule has 5 atom stereocenters. The van der Waals surface area contributed by atoms with Crippen molar-refractivity contribution in [1.29, 1.82) is 5.26 Å². The third-order valence-electron chi connectivity index (χ3n) is 8.59. The number of rotatable bonds is 6. The largest absolute Gasteiger partial charge is 0.396 e. The van der Waals surface area contributed by atoms with Crippen LogP contribution in [-0.2, 0) is 16.6 Å². The normalized spacial score (nSPS) is 29.5. The third kappa shape index (κ3) is 3.43. The number of hydrogen-bond acceptors (Lipinski definition) is 6. The number of aromatic nitrogens is 2. The van der Waals surface area contributed by atoms with E-state index in [0.29, 0.717) is 23.7 Å². The van der Waals surface area contributed by atoms with Gasteiger partial charge in [-0.15, -0.1) is 0 Å². The maximum Gasteiger partial charge on any atom is 0.272 e. The zero-order valence-corrected chi connectivity index (χ0v) is 20.5. The Balaban J connectivity index is 1.31. The number of nitrogens with zero attached hydrogens (tertiary/aromatic N) is 3. The predicted molar refractivity (Wildman–Crippen MR) is 128 cm³/mol. The second-order valence-corrected chi connectivity index (χ2v) is 12.2. The highest BCUT2D eigenvalue weighted by Gasteiger charge is 2.65. The quantitative estimate of drug-likeness (QED) is 0.510. The lowest BCUT2D eigenvalue weighted by Crippen LogP contribution is -2.46. The van der Waals surface area contributed by atoms with Crippen molar-refractivity contribution >= 4 is 27.7 Å². The smallest absolute Gasteiger partial charge is 0.272 e. The van der Waals surface area contributed by atoms with Crippen LogP contribution in [0.15, 0.2) is 23.1 Å². The van der Waals surface area contributed by atoms with Crippen LogP contribution in [0.2, 0.25) is 0 Å². The molecule has 11 heteroatoms. The second kappa shape index (κ2) is 7.96. The highest BCUT2D eigenvalue weighted by atomic mass is 32.2. The number of sulfonamides is 1. The summed E-state index contributed by atoms with van der Waals surface area (Å²) in [5.41, 5.74) is 0.769. The number of aliphatic hydroxyl groups is 1. The molecule has 4 unspecified atom stereocenters. The molecule has 3 fully saturated rings. The summed E-state index contributed by atoms with van der Waals surface area (Å²) in [6, 6.07) is 3.82. The van der Waals surface area contributed by atoms with E-state index in [9.17, 15) is 22.7 Å². The Morgan fingerprint density at radius 2 is 2.17 bits per heavy atom. The third-order valence-corrected chi connectivity index (χ3v) is 10.2. The van der Waals surface area contributed by atoms with Gasteiger partial charge in [0.15, 0.2) is 0 Å². The number of amides is 1. The molecule has 6 rings (SSSR count). The van der Waals surface area contributed by atoms with Crippen LogP contribution >= 0.6 is 0 Å². The Hall–Kier alpha value is -3.07. The molecule has 36 heavy (non-hydrogen) atoms. The summed E-state index contributed by atoms with van der Waals surface area (Å²) in [7, 11) is -3.95. The monoisotopic (exact) mass is 511 g/mol. The maximum atomic E-state index is 13.8. The number of nitrogens with one attached hydrogen (secondary N) is 2. The summed E-state index contributed by atoms with van der Waals surface area (Å²) in [6.07, 6.45) is 7.19. The van der Waals surface area contributed by atoms with Gasteiger partial charge in [0.05, 0.1) is 5.69 Å². The molecule has 188 valence electrons. The minimum atomic E-state index is -3.95. The van der Waals surface area contributed by atoms with E-state index in [1.807, 2.05) is 0 Å². The fourth-order valence-electron chi connectivity index (χ4n) is 7.02. The average molecular weight is 512 g/mol. The van der Waals surface area contributed by atoms with Gasteiger partial charge in [0.2, 0.25) is 16.0 Å². The minimum absolute atomic E-state index is 0.0209. The first-order valence-electron chi connectivity index (χ1n) is 12.1. The molecule has 3 N–H and O–H groups in total. The van der Waals surface area contributed by atoms with Gasteiger partial charge in [0, 0.05) is 36.5 Å². The van der Waals surface area contributed by atoms with Crippen molar-refractivity contribution in [2.24, 2.45) is 23.2 Å². The van der Waals surface area contributed by atoms with Crippen molar-refractivity contribution in [3.8, 4) is 6.07 Å². The number of carbonyl (C=O) groups excluding carboxylic acids is 1. The maximum absolute atomic E-state index is 13.8. The number of anilines is 1. The van der Waals surface area contributed by atoms with E-state index in [0.717, 1.165) is 31.7 Å². The van der Waals surface area contributed by atoms with Gasteiger partial charge >= 0.3 is 0 Å². The SMILES string of the molecule is Cc1c(S(=O)(=O)NC2C3CCC2C2C[C@@]2(CO)C3)c2n(c1C(=O)Nc1cc(F)nc(C#N)c1)CC=C2. The van der Waals surface area contributed by atoms with E-state index in [1.54, 1.807) is 29.7 Å². The Bertz CT molecular complexity index is 1480. The molecular formula is C25H26FN5O4S. The fourth-order valence-corrected chi connectivity index (χ4v) is 8.82. The van der Waals surface area contributed by atoms with Crippen molar-refractivity contribution in [3.05, 3.63) is 46.8 Å². The van der Waals surface area contributed by atoms with Crippen LogP contribution in [-0.4, -0.2) is 41.6 Å². The first kappa shape index (κ1) is 23.3. The van der Waals surface area contributed by atoms with E-state index in [2.05, 4.69) is 15.0 Å². The zero-order chi connectivity index (χ0) is 25.4. The Labute approximate surface area is 208 Å². The molecule has 0 radical (unpaired) electrons. The van der Waals surface area contributed by atoms with Gasteiger partial charge in [-0.25, -0.2) is 18.1 Å². The van der Waals surface area contributed by atoms with E-state index < -0.39 is 21.9 Å². The summed E-state index contributed by atoms with van der Waals surface area (Å²) in [4.78, 5) is 16.8. The van der Waals surface area contributed by atoms with E-state index >= 15 is 0 Å². The highest BCUT2D eigenvalue weighted by Crippen LogP contribution is 2.68. The zero-order valence-electron chi connectivity index (χ0n) is 19.7. The summed E-state index contributed by atoms with van der Waals surface area (Å²) in [5.74, 6) is -0.734. The van der Waals surface area contributed by atoms with Crippen LogP contribution in [0, 0.1) is 47.4 Å². The van der Waals surface area contributed by atoms with Crippen LogP contribution < -0.4 is 10.0 Å². The number of fused-ring (bicyclic) bond motifs is 5. The number of hydrogen-bond donors (Lipinski definition) is 3. The van der Waals surface area contributed by atoms with E-state index in [4.69, 9.17) is 5.26 Å². The molecule has 3 saturated carbocycles. The van der Waals surface area contributed by atoms with Gasteiger partial charge < -0.3 is 15.0 Å². The molecular weight excluding hydrogens is 485 g/mol. The molecule has 1 amide bonds. The lowest BCUT2D eigenvalue weighted by atomic mass is 9.78. The number of carbonyl (C=O) groups is 1. The molecule has 2 aromatic heterocycles. The van der Waals surface area contributed by atoms with Crippen molar-refractivity contribution in [3.63, 3.8) is 0 Å². The first-order valence-corrected chi connectivity index (χ1v) is 13.6. The highest BCUT2D eigenvalue weighted by molar-refractivity contribution is 7.89. The molecule has 0 saturated heterocycles. The van der Waals surface area contributed by atoms with Crippen LogP contribution in [0.1, 0.15) is 53.1 Å². The molecule has 4 aliphatic rings. The number of halogens is 1. The standard InChI is InChI=1S/C25H26FN5O4S/c1-13-22(24(33)29-15-7-16(11-27)28-20(26)8-15)31-6-2-3-19(31)23(13)36(34,35)30-21-14-4-5-17(21)18-10-25(18,9-14)12-32/h2-3,7-8,14,17-18,21,30,32H,4-6,9-10,12H2,1H3,(H,28,29,33)/t14?,17?,18?,21?,25-/m1/s1. The number of aliphatic hydroxyl groups excluding tert-OH is 1. The summed E-state index contributed by atoms with van der Waals surface area (Å²) in [5, 5.41) is 21.5. The molecule has 3 aliphatic carbocycles. The van der Waals surface area contributed by atoms with Gasteiger partial charge in [-0.3, -0.25) is 4.79 Å². The van der Waals surface area contributed by atoms with Crippen molar-refractivity contribution in [2.75, 3.05) is 11.9 Å².